The fraction of sp³-hybridized carbons (Fsp3) is 0.526. The second kappa shape index (κ2) is 9.82. The van der Waals surface area contributed by atoms with Gasteiger partial charge in [0, 0.05) is 17.0 Å². The number of hydroxylamine groups is 1. The normalized spacial score (nSPS) is 20.2. The Kier molecular flexibility index (Phi) is 7.96. The second-order valence-corrected chi connectivity index (χ2v) is 10.7. The van der Waals surface area contributed by atoms with Gasteiger partial charge in [-0.15, -0.1) is 0 Å². The summed E-state index contributed by atoms with van der Waals surface area (Å²) in [5.41, 5.74) is 1.60. The van der Waals surface area contributed by atoms with Crippen LogP contribution in [0.5, 0.6) is 5.75 Å². The predicted octanol–water partition coefficient (Wildman–Crippen LogP) is 1.07. The maximum absolute atomic E-state index is 13.2. The van der Waals surface area contributed by atoms with Crippen molar-refractivity contribution in [2.24, 2.45) is 0 Å². The predicted molar refractivity (Wildman–Crippen MR) is 112 cm³/mol. The Balaban J connectivity index is 2.19. The third-order valence-corrected chi connectivity index (χ3v) is 7.82. The topological polar surface area (TPSA) is 108 Å². The molecule has 8 nitrogen and oxygen atoms in total. The van der Waals surface area contributed by atoms with Gasteiger partial charge in [0.25, 0.3) is 5.91 Å². The molecule has 1 aromatic carbocycles. The lowest BCUT2D eigenvalue weighted by atomic mass is 10.0. The summed E-state index contributed by atoms with van der Waals surface area (Å²) in [5, 5.41) is 12.1. The average molecular weight is 442 g/mol. The molecule has 0 aliphatic carbocycles. The lowest BCUT2D eigenvalue weighted by Crippen LogP contribution is -2.61. The molecule has 3 N–H and O–H groups in total. The van der Waals surface area contributed by atoms with Crippen LogP contribution in [0.15, 0.2) is 29.2 Å². The van der Waals surface area contributed by atoms with Crippen molar-refractivity contribution in [3.8, 4) is 17.6 Å². The highest BCUT2D eigenvalue weighted by Gasteiger charge is 2.48. The first kappa shape index (κ1) is 23.5. The molecule has 1 saturated heterocycles. The first-order chi connectivity index (χ1) is 13.6. The van der Waals surface area contributed by atoms with Gasteiger partial charge in [0.05, 0.1) is 10.9 Å². The van der Waals surface area contributed by atoms with Crippen molar-refractivity contribution >= 4 is 27.7 Å². The summed E-state index contributed by atoms with van der Waals surface area (Å²) in [5.74, 6) is 6.14. The molecule has 1 amide bonds. The second-order valence-electron chi connectivity index (χ2n) is 7.04. The van der Waals surface area contributed by atoms with Crippen molar-refractivity contribution in [2.75, 3.05) is 26.0 Å². The molecule has 29 heavy (non-hydrogen) atoms. The van der Waals surface area contributed by atoms with E-state index in [9.17, 15) is 13.2 Å². The lowest BCUT2D eigenvalue weighted by Gasteiger charge is -2.43. The summed E-state index contributed by atoms with van der Waals surface area (Å²) in [6.45, 7) is 5.86. The number of rotatable bonds is 6. The Morgan fingerprint density at radius 3 is 2.66 bits per heavy atom. The first-order valence-electron chi connectivity index (χ1n) is 9.11. The fourth-order valence-corrected chi connectivity index (χ4v) is 6.06. The summed E-state index contributed by atoms with van der Waals surface area (Å²) in [4.78, 5) is 12.3. The van der Waals surface area contributed by atoms with E-state index in [0.29, 0.717) is 11.5 Å². The van der Waals surface area contributed by atoms with Gasteiger partial charge in [0.1, 0.15) is 18.4 Å². The number of nitrogens with zero attached hydrogens (tertiary/aromatic N) is 1. The van der Waals surface area contributed by atoms with Gasteiger partial charge >= 0.3 is 0 Å². The Hall–Kier alpha value is -1.77. The van der Waals surface area contributed by atoms with Crippen LogP contribution in [0.25, 0.3) is 0 Å². The van der Waals surface area contributed by atoms with Crippen LogP contribution in [0.1, 0.15) is 20.8 Å². The van der Waals surface area contributed by atoms with Gasteiger partial charge in [-0.05, 0) is 52.1 Å². The minimum absolute atomic E-state index is 0.0539. The number of benzene rings is 1. The van der Waals surface area contributed by atoms with Crippen LogP contribution >= 0.6 is 11.8 Å². The van der Waals surface area contributed by atoms with Crippen LogP contribution in [0.4, 0.5) is 0 Å². The number of hydrogen-bond donors (Lipinski definition) is 3. The molecule has 1 fully saturated rings. The Morgan fingerprint density at radius 2 is 2.07 bits per heavy atom. The third kappa shape index (κ3) is 5.65. The maximum Gasteiger partial charge on any atom is 0.263 e. The van der Waals surface area contributed by atoms with E-state index >= 15 is 0 Å². The fourth-order valence-electron chi connectivity index (χ4n) is 2.95. The zero-order valence-electron chi connectivity index (χ0n) is 16.9. The van der Waals surface area contributed by atoms with Crippen LogP contribution in [0.2, 0.25) is 0 Å². The molecule has 0 bridgehead atoms. The van der Waals surface area contributed by atoms with E-state index in [1.165, 1.54) is 23.9 Å². The van der Waals surface area contributed by atoms with E-state index in [1.807, 2.05) is 14.0 Å². The quantitative estimate of drug-likeness (QED) is 0.344. The highest BCUT2D eigenvalue weighted by molar-refractivity contribution is 8.00. The number of ether oxygens (including phenoxy) is 1. The Morgan fingerprint density at radius 1 is 1.41 bits per heavy atom. The highest BCUT2D eigenvalue weighted by Crippen LogP contribution is 2.38. The van der Waals surface area contributed by atoms with Gasteiger partial charge in [0.15, 0.2) is 0 Å². The molecule has 1 aromatic rings. The van der Waals surface area contributed by atoms with E-state index in [2.05, 4.69) is 17.2 Å². The number of nitrogens with one attached hydrogen (secondary N) is 2. The number of carbonyl (C=O) groups excluding carboxylic acids is 1. The summed E-state index contributed by atoms with van der Waals surface area (Å²) < 4.78 is 32.3. The molecule has 160 valence electrons. The van der Waals surface area contributed by atoms with Crippen LogP contribution < -0.4 is 15.5 Å². The van der Waals surface area contributed by atoms with Crippen LogP contribution in [-0.2, 0) is 14.8 Å². The smallest absolute Gasteiger partial charge is 0.263 e. The van der Waals surface area contributed by atoms with Crippen LogP contribution in [0.3, 0.4) is 0 Å². The summed E-state index contributed by atoms with van der Waals surface area (Å²) in [6.07, 6.45) is 0. The van der Waals surface area contributed by atoms with Crippen molar-refractivity contribution in [2.45, 2.75) is 42.5 Å². The standard InChI is InChI=1S/C19H27N3O5S2/c1-14(20-4)6-5-12-27-15-7-9-16(10-8-15)29(25,26)22-11-13-28-19(2,3)17(22)18(23)21-24/h7-10,14,17,20,24H,11-13H2,1-4H3,(H,21,23). The van der Waals surface area contributed by atoms with E-state index in [1.54, 1.807) is 31.5 Å². The van der Waals surface area contributed by atoms with Gasteiger partial charge in [-0.1, -0.05) is 11.8 Å². The largest absolute Gasteiger partial charge is 0.481 e. The van der Waals surface area contributed by atoms with E-state index in [0.717, 1.165) is 4.31 Å². The number of sulfonamides is 1. The molecule has 1 heterocycles. The number of thioether (sulfide) groups is 1. The number of amides is 1. The molecular weight excluding hydrogens is 414 g/mol. The van der Waals surface area contributed by atoms with Gasteiger partial charge in [-0.3, -0.25) is 10.0 Å². The number of hydrogen-bond acceptors (Lipinski definition) is 7. The molecule has 2 rings (SSSR count). The monoisotopic (exact) mass is 441 g/mol. The first-order valence-corrected chi connectivity index (χ1v) is 11.5. The minimum atomic E-state index is -3.94. The molecule has 0 radical (unpaired) electrons. The molecule has 0 saturated carbocycles. The maximum atomic E-state index is 13.2. The molecule has 10 heteroatoms. The van der Waals surface area contributed by atoms with Gasteiger partial charge in [-0.25, -0.2) is 13.9 Å². The van der Waals surface area contributed by atoms with Gasteiger partial charge in [-0.2, -0.15) is 16.1 Å². The van der Waals surface area contributed by atoms with Crippen molar-refractivity contribution < 1.29 is 23.2 Å². The molecule has 2 unspecified atom stereocenters. The lowest BCUT2D eigenvalue weighted by molar-refractivity contribution is -0.134. The van der Waals surface area contributed by atoms with Gasteiger partial charge < -0.3 is 10.1 Å². The van der Waals surface area contributed by atoms with Crippen molar-refractivity contribution in [3.05, 3.63) is 24.3 Å². The molecule has 1 aliphatic heterocycles. The molecule has 1 aliphatic rings. The van der Waals surface area contributed by atoms with E-state index < -0.39 is 26.7 Å². The van der Waals surface area contributed by atoms with Crippen LogP contribution in [0, 0.1) is 11.8 Å². The zero-order valence-corrected chi connectivity index (χ0v) is 18.6. The summed E-state index contributed by atoms with van der Waals surface area (Å²) >= 11 is 1.49. The average Bonchev–Trinajstić information content (AvgIpc) is 2.69. The van der Waals surface area contributed by atoms with Crippen LogP contribution in [-0.4, -0.2) is 66.6 Å². The Labute approximate surface area is 176 Å². The minimum Gasteiger partial charge on any atom is -0.481 e. The molecule has 0 spiro atoms. The van der Waals surface area contributed by atoms with Crippen molar-refractivity contribution in [3.63, 3.8) is 0 Å². The number of carbonyl (C=O) groups is 1. The van der Waals surface area contributed by atoms with Crippen molar-refractivity contribution in [1.29, 1.82) is 0 Å². The van der Waals surface area contributed by atoms with Gasteiger partial charge in [0.2, 0.25) is 10.0 Å². The molecule has 2 atom stereocenters. The van der Waals surface area contributed by atoms with E-state index in [-0.39, 0.29) is 24.1 Å². The Bertz CT molecular complexity index is 875. The van der Waals surface area contributed by atoms with E-state index in [4.69, 9.17) is 9.94 Å². The summed E-state index contributed by atoms with van der Waals surface area (Å²) in [7, 11) is -2.12. The zero-order chi connectivity index (χ0) is 21.7. The van der Waals surface area contributed by atoms with Crippen molar-refractivity contribution in [1.82, 2.24) is 15.1 Å². The molecule has 0 aromatic heterocycles. The SMILES string of the molecule is CNC(C)C#CCOc1ccc(S(=O)(=O)N2CCSC(C)(C)C2C(=O)NO)cc1. The molecular formula is C19H27N3O5S2. The summed E-state index contributed by atoms with van der Waals surface area (Å²) in [6, 6.07) is 5.02. The third-order valence-electron chi connectivity index (χ3n) is 4.58. The highest BCUT2D eigenvalue weighted by atomic mass is 32.2.